The summed E-state index contributed by atoms with van der Waals surface area (Å²) in [5.74, 6) is 0.203. The molecule has 0 saturated heterocycles. The highest BCUT2D eigenvalue weighted by atomic mass is 32.1. The third kappa shape index (κ3) is 2.32. The summed E-state index contributed by atoms with van der Waals surface area (Å²) in [7, 11) is 1.81. The fourth-order valence-corrected chi connectivity index (χ4v) is 1.83. The number of hydrogen-bond acceptors (Lipinski definition) is 5. The van der Waals surface area contributed by atoms with Gasteiger partial charge in [0.2, 0.25) is 0 Å². The van der Waals surface area contributed by atoms with E-state index in [9.17, 15) is 0 Å². The molecule has 72 valence electrons. The summed E-state index contributed by atoms with van der Waals surface area (Å²) in [6.07, 6.45) is 0.446. The minimum absolute atomic E-state index is 0.203. The Hall–Kier alpha value is -1.30. The lowest BCUT2D eigenvalue weighted by Gasteiger charge is -1.94. The Bertz CT molecular complexity index is 320. The Labute approximate surface area is 80.3 Å². The summed E-state index contributed by atoms with van der Waals surface area (Å²) in [5, 5.41) is 15.1. The summed E-state index contributed by atoms with van der Waals surface area (Å²) in [5.41, 5.74) is 6.30. The first kappa shape index (κ1) is 9.79. The van der Waals surface area contributed by atoms with Crippen LogP contribution in [0.25, 0.3) is 0 Å². The van der Waals surface area contributed by atoms with Crippen LogP contribution >= 0.6 is 11.3 Å². The number of nitrogens with two attached hydrogens (primary N) is 1. The second-order valence-electron chi connectivity index (χ2n) is 2.55. The molecule has 0 aliphatic rings. The van der Waals surface area contributed by atoms with E-state index in [4.69, 9.17) is 10.9 Å². The van der Waals surface area contributed by atoms with E-state index in [1.165, 1.54) is 11.3 Å². The van der Waals surface area contributed by atoms with Crippen LogP contribution in [-0.4, -0.2) is 23.1 Å². The average Bonchev–Trinajstić information content (AvgIpc) is 2.47. The van der Waals surface area contributed by atoms with Crippen molar-refractivity contribution < 1.29 is 5.21 Å². The van der Waals surface area contributed by atoms with Gasteiger partial charge in [0, 0.05) is 18.3 Å². The van der Waals surface area contributed by atoms with E-state index in [2.05, 4.69) is 15.5 Å². The van der Waals surface area contributed by atoms with Crippen LogP contribution in [0.5, 0.6) is 0 Å². The molecule has 0 saturated carbocycles. The molecule has 4 N–H and O–H groups in total. The zero-order valence-electron chi connectivity index (χ0n) is 7.53. The van der Waals surface area contributed by atoms with Gasteiger partial charge in [-0.3, -0.25) is 0 Å². The number of oxime groups is 1. The van der Waals surface area contributed by atoms with Crippen LogP contribution in [0.2, 0.25) is 0 Å². The third-order valence-electron chi connectivity index (χ3n) is 1.58. The highest BCUT2D eigenvalue weighted by molar-refractivity contribution is 7.15. The minimum atomic E-state index is 0.203. The number of anilines is 1. The SMILES string of the molecule is CNc1nc(C)c(C/C(N)=N/O)s1. The molecule has 0 bridgehead atoms. The predicted octanol–water partition coefficient (Wildman–Crippen LogP) is 0.782. The monoisotopic (exact) mass is 200 g/mol. The van der Waals surface area contributed by atoms with Crippen molar-refractivity contribution in [1.82, 2.24) is 4.98 Å². The second-order valence-corrected chi connectivity index (χ2v) is 3.63. The molecule has 0 aromatic carbocycles. The molecule has 0 spiro atoms. The molecule has 0 aliphatic heterocycles. The number of aromatic nitrogens is 1. The van der Waals surface area contributed by atoms with Gasteiger partial charge < -0.3 is 16.3 Å². The lowest BCUT2D eigenvalue weighted by Crippen LogP contribution is -2.14. The Morgan fingerprint density at radius 2 is 2.46 bits per heavy atom. The van der Waals surface area contributed by atoms with E-state index < -0.39 is 0 Å². The molecule has 6 heteroatoms. The lowest BCUT2D eigenvalue weighted by molar-refractivity contribution is 0.317. The van der Waals surface area contributed by atoms with Crippen molar-refractivity contribution in [3.63, 3.8) is 0 Å². The van der Waals surface area contributed by atoms with E-state index in [1.54, 1.807) is 0 Å². The summed E-state index contributed by atoms with van der Waals surface area (Å²) in [6.45, 7) is 1.90. The van der Waals surface area contributed by atoms with Crippen molar-refractivity contribution in [2.75, 3.05) is 12.4 Å². The van der Waals surface area contributed by atoms with Gasteiger partial charge in [0.05, 0.1) is 5.69 Å². The van der Waals surface area contributed by atoms with Gasteiger partial charge in [0.15, 0.2) is 5.13 Å². The molecule has 0 aliphatic carbocycles. The van der Waals surface area contributed by atoms with Gasteiger partial charge in [0.25, 0.3) is 0 Å². The lowest BCUT2D eigenvalue weighted by atomic mass is 10.3. The van der Waals surface area contributed by atoms with Crippen LogP contribution in [0, 0.1) is 6.92 Å². The summed E-state index contributed by atoms with van der Waals surface area (Å²) in [6, 6.07) is 0. The molecule has 0 atom stereocenters. The van der Waals surface area contributed by atoms with Crippen molar-refractivity contribution in [2.45, 2.75) is 13.3 Å². The maximum atomic E-state index is 8.38. The summed E-state index contributed by atoms with van der Waals surface area (Å²) >= 11 is 1.51. The number of hydrogen-bond donors (Lipinski definition) is 3. The van der Waals surface area contributed by atoms with Gasteiger partial charge in [0.1, 0.15) is 5.84 Å². The van der Waals surface area contributed by atoms with Crippen molar-refractivity contribution >= 4 is 22.3 Å². The number of rotatable bonds is 3. The van der Waals surface area contributed by atoms with Crippen molar-refractivity contribution in [3.8, 4) is 0 Å². The molecule has 5 nitrogen and oxygen atoms in total. The van der Waals surface area contributed by atoms with Crippen LogP contribution in [0.4, 0.5) is 5.13 Å². The minimum Gasteiger partial charge on any atom is -0.409 e. The zero-order valence-corrected chi connectivity index (χ0v) is 8.35. The molecule has 1 aromatic rings. The molecule has 13 heavy (non-hydrogen) atoms. The highest BCUT2D eigenvalue weighted by Crippen LogP contribution is 2.22. The van der Waals surface area contributed by atoms with Gasteiger partial charge in [-0.1, -0.05) is 5.16 Å². The van der Waals surface area contributed by atoms with Gasteiger partial charge >= 0.3 is 0 Å². The number of nitrogens with one attached hydrogen (secondary N) is 1. The normalized spacial score (nSPS) is 11.7. The van der Waals surface area contributed by atoms with Gasteiger partial charge in [-0.05, 0) is 6.92 Å². The summed E-state index contributed by atoms with van der Waals surface area (Å²) < 4.78 is 0. The fourth-order valence-electron chi connectivity index (χ4n) is 0.899. The van der Waals surface area contributed by atoms with Crippen LogP contribution < -0.4 is 11.1 Å². The average molecular weight is 200 g/mol. The fraction of sp³-hybridized carbons (Fsp3) is 0.429. The van der Waals surface area contributed by atoms with Crippen molar-refractivity contribution in [3.05, 3.63) is 10.6 Å². The number of amidine groups is 1. The summed E-state index contributed by atoms with van der Waals surface area (Å²) in [4.78, 5) is 5.25. The van der Waals surface area contributed by atoms with E-state index in [-0.39, 0.29) is 5.84 Å². The van der Waals surface area contributed by atoms with Gasteiger partial charge in [-0.2, -0.15) is 0 Å². The molecule has 0 unspecified atom stereocenters. The van der Waals surface area contributed by atoms with Crippen molar-refractivity contribution in [1.29, 1.82) is 0 Å². The van der Waals surface area contributed by atoms with E-state index >= 15 is 0 Å². The van der Waals surface area contributed by atoms with Crippen LogP contribution in [0.15, 0.2) is 5.16 Å². The molecule has 0 amide bonds. The molecule has 1 heterocycles. The first-order chi connectivity index (χ1) is 6.17. The maximum absolute atomic E-state index is 8.38. The van der Waals surface area contributed by atoms with Gasteiger partial charge in [-0.25, -0.2) is 4.98 Å². The van der Waals surface area contributed by atoms with Crippen molar-refractivity contribution in [2.24, 2.45) is 10.9 Å². The van der Waals surface area contributed by atoms with E-state index in [0.29, 0.717) is 6.42 Å². The standard InChI is InChI=1S/C7H12N4OS/c1-4-5(3-6(8)11-12)13-7(9-2)10-4/h12H,3H2,1-2H3,(H2,8,11)(H,9,10). The largest absolute Gasteiger partial charge is 0.409 e. The Kier molecular flexibility index (Phi) is 3.07. The molecule has 1 aromatic heterocycles. The van der Waals surface area contributed by atoms with Gasteiger partial charge in [-0.15, -0.1) is 11.3 Å². The van der Waals surface area contributed by atoms with Crippen LogP contribution in [-0.2, 0) is 6.42 Å². The Morgan fingerprint density at radius 1 is 1.77 bits per heavy atom. The first-order valence-corrected chi connectivity index (χ1v) is 4.59. The third-order valence-corrected chi connectivity index (χ3v) is 2.75. The predicted molar refractivity (Wildman–Crippen MR) is 53.5 cm³/mol. The maximum Gasteiger partial charge on any atom is 0.182 e. The van der Waals surface area contributed by atoms with E-state index in [0.717, 1.165) is 15.7 Å². The molecule has 0 radical (unpaired) electrons. The quantitative estimate of drug-likeness (QED) is 0.291. The smallest absolute Gasteiger partial charge is 0.182 e. The Balaban J connectivity index is 2.82. The first-order valence-electron chi connectivity index (χ1n) is 3.77. The highest BCUT2D eigenvalue weighted by Gasteiger charge is 2.07. The van der Waals surface area contributed by atoms with E-state index in [1.807, 2.05) is 14.0 Å². The molecular weight excluding hydrogens is 188 g/mol. The number of aryl methyl sites for hydroxylation is 1. The second kappa shape index (κ2) is 4.08. The topological polar surface area (TPSA) is 83.5 Å². The van der Waals surface area contributed by atoms with Crippen LogP contribution in [0.3, 0.4) is 0 Å². The van der Waals surface area contributed by atoms with Crippen LogP contribution in [0.1, 0.15) is 10.6 Å². The molecule has 0 fully saturated rings. The number of nitrogens with zero attached hydrogens (tertiary/aromatic N) is 2. The number of thiazole rings is 1. The zero-order chi connectivity index (χ0) is 9.84. The molecule has 1 rings (SSSR count). The molecular formula is C7H12N4OS. The Morgan fingerprint density at radius 3 is 2.92 bits per heavy atom.